The van der Waals surface area contributed by atoms with E-state index in [9.17, 15) is 9.18 Å². The Morgan fingerprint density at radius 3 is 2.56 bits per heavy atom. The fraction of sp³-hybridized carbons (Fsp3) is 0. The van der Waals surface area contributed by atoms with Crippen LogP contribution in [0.25, 0.3) is 0 Å². The highest BCUT2D eigenvalue weighted by molar-refractivity contribution is 6.12. The normalized spacial score (nSPS) is 9.39. The maximum Gasteiger partial charge on any atom is 0.238 e. The number of benzene rings is 2. The molecule has 0 spiro atoms. The average molecular weight is 239 g/mol. The molecule has 0 saturated carbocycles. The van der Waals surface area contributed by atoms with Crippen molar-refractivity contribution in [3.05, 3.63) is 65.5 Å². The van der Waals surface area contributed by atoms with Crippen LogP contribution in [0.15, 0.2) is 48.5 Å². The molecule has 2 rings (SSSR count). The summed E-state index contributed by atoms with van der Waals surface area (Å²) in [4.78, 5) is 11.8. The molecule has 0 aliphatic rings. The van der Waals surface area contributed by atoms with Crippen LogP contribution in [0.2, 0.25) is 0 Å². The van der Waals surface area contributed by atoms with Gasteiger partial charge < -0.3 is 5.73 Å². The monoisotopic (exact) mass is 239 g/mol. The lowest BCUT2D eigenvalue weighted by Gasteiger charge is -1.99. The van der Waals surface area contributed by atoms with Crippen molar-refractivity contribution in [1.82, 2.24) is 0 Å². The van der Waals surface area contributed by atoms with Gasteiger partial charge in [0.05, 0.1) is 5.56 Å². The smallest absolute Gasteiger partial charge is 0.238 e. The predicted octanol–water partition coefficient (Wildman–Crippen LogP) is 2.64. The standard InChI is InChI=1S/C15H10FNO/c16-12-7-8-14(17)13(10-12)15(18)9-6-11-4-2-1-3-5-11/h1-5,7-8,10H,17H2. The van der Waals surface area contributed by atoms with Crippen molar-refractivity contribution in [2.45, 2.75) is 0 Å². The number of carbonyl (C=O) groups excluding carboxylic acids is 1. The zero-order chi connectivity index (χ0) is 13.0. The van der Waals surface area contributed by atoms with Crippen molar-refractivity contribution in [2.24, 2.45) is 0 Å². The van der Waals surface area contributed by atoms with Gasteiger partial charge in [0.1, 0.15) is 5.82 Å². The molecule has 0 bridgehead atoms. The van der Waals surface area contributed by atoms with Crippen molar-refractivity contribution < 1.29 is 9.18 Å². The minimum atomic E-state index is -0.505. The van der Waals surface area contributed by atoms with Crippen molar-refractivity contribution in [2.75, 3.05) is 5.73 Å². The van der Waals surface area contributed by atoms with E-state index < -0.39 is 11.6 Å². The summed E-state index contributed by atoms with van der Waals surface area (Å²) in [5.74, 6) is 4.16. The van der Waals surface area contributed by atoms with Crippen molar-refractivity contribution in [3.8, 4) is 11.8 Å². The Hall–Kier alpha value is -2.60. The highest BCUT2D eigenvalue weighted by Gasteiger charge is 2.07. The summed E-state index contributed by atoms with van der Waals surface area (Å²) < 4.78 is 13.0. The van der Waals surface area contributed by atoms with Gasteiger partial charge in [-0.2, -0.15) is 0 Å². The molecular weight excluding hydrogens is 229 g/mol. The number of ketones is 1. The summed E-state index contributed by atoms with van der Waals surface area (Å²) in [6, 6.07) is 12.7. The summed E-state index contributed by atoms with van der Waals surface area (Å²) in [7, 11) is 0. The second-order valence-corrected chi connectivity index (χ2v) is 3.68. The first-order valence-corrected chi connectivity index (χ1v) is 5.33. The molecule has 0 radical (unpaired) electrons. The second-order valence-electron chi connectivity index (χ2n) is 3.68. The molecule has 2 aromatic rings. The van der Waals surface area contributed by atoms with E-state index in [4.69, 9.17) is 5.73 Å². The van der Waals surface area contributed by atoms with Gasteiger partial charge in [-0.1, -0.05) is 24.1 Å². The largest absolute Gasteiger partial charge is 0.398 e. The molecule has 88 valence electrons. The number of rotatable bonds is 1. The number of nitrogens with two attached hydrogens (primary N) is 1. The van der Waals surface area contributed by atoms with Gasteiger partial charge in [0.25, 0.3) is 0 Å². The molecule has 18 heavy (non-hydrogen) atoms. The fourth-order valence-corrected chi connectivity index (χ4v) is 1.44. The zero-order valence-electron chi connectivity index (χ0n) is 9.48. The Morgan fingerprint density at radius 2 is 1.83 bits per heavy atom. The molecule has 0 fully saturated rings. The van der Waals surface area contributed by atoms with Gasteiger partial charge in [0.2, 0.25) is 5.78 Å². The van der Waals surface area contributed by atoms with E-state index >= 15 is 0 Å². The first-order valence-electron chi connectivity index (χ1n) is 5.33. The Balaban J connectivity index is 2.28. The third-order valence-electron chi connectivity index (χ3n) is 2.35. The summed E-state index contributed by atoms with van der Waals surface area (Å²) in [5, 5.41) is 0. The van der Waals surface area contributed by atoms with Gasteiger partial charge >= 0.3 is 0 Å². The summed E-state index contributed by atoms with van der Waals surface area (Å²) >= 11 is 0. The van der Waals surface area contributed by atoms with Gasteiger partial charge in [-0.25, -0.2) is 4.39 Å². The number of hydrogen-bond acceptors (Lipinski definition) is 2. The van der Waals surface area contributed by atoms with Crippen LogP contribution in [0.3, 0.4) is 0 Å². The van der Waals surface area contributed by atoms with Crippen LogP contribution in [-0.4, -0.2) is 5.78 Å². The maximum atomic E-state index is 13.0. The van der Waals surface area contributed by atoms with Gasteiger partial charge in [0, 0.05) is 11.3 Å². The Bertz CT molecular complexity index is 639. The van der Waals surface area contributed by atoms with E-state index in [1.165, 1.54) is 12.1 Å². The molecule has 0 unspecified atom stereocenters. The third-order valence-corrected chi connectivity index (χ3v) is 2.35. The number of halogens is 1. The molecule has 0 aromatic heterocycles. The lowest BCUT2D eigenvalue weighted by molar-refractivity contribution is 0.105. The molecule has 2 N–H and O–H groups in total. The molecular formula is C15H10FNO. The Kier molecular flexibility index (Phi) is 3.40. The third kappa shape index (κ3) is 2.74. The SMILES string of the molecule is Nc1ccc(F)cc1C(=O)C#Cc1ccccc1. The first kappa shape index (κ1) is 11.9. The van der Waals surface area contributed by atoms with E-state index in [0.29, 0.717) is 0 Å². The number of Topliss-reactive ketones (excluding diaryl/α,β-unsaturated/α-hetero) is 1. The van der Waals surface area contributed by atoms with E-state index in [-0.39, 0.29) is 11.3 Å². The van der Waals surface area contributed by atoms with Crippen LogP contribution < -0.4 is 5.73 Å². The van der Waals surface area contributed by atoms with E-state index in [1.54, 1.807) is 12.1 Å². The van der Waals surface area contributed by atoms with E-state index in [1.807, 2.05) is 18.2 Å². The molecule has 0 aliphatic heterocycles. The number of carbonyl (C=O) groups is 1. The molecule has 0 saturated heterocycles. The van der Waals surface area contributed by atoms with Crippen LogP contribution >= 0.6 is 0 Å². The zero-order valence-corrected chi connectivity index (χ0v) is 9.48. The lowest BCUT2D eigenvalue weighted by Crippen LogP contribution is -2.02. The lowest BCUT2D eigenvalue weighted by atomic mass is 10.1. The van der Waals surface area contributed by atoms with Gasteiger partial charge in [0.15, 0.2) is 0 Å². The van der Waals surface area contributed by atoms with E-state index in [2.05, 4.69) is 11.8 Å². The quantitative estimate of drug-likeness (QED) is 0.472. The Morgan fingerprint density at radius 1 is 1.11 bits per heavy atom. The molecule has 2 aromatic carbocycles. The van der Waals surface area contributed by atoms with Crippen molar-refractivity contribution in [3.63, 3.8) is 0 Å². The predicted molar refractivity (Wildman–Crippen MR) is 68.5 cm³/mol. The number of nitrogen functional groups attached to an aromatic ring is 1. The van der Waals surface area contributed by atoms with Crippen LogP contribution in [0.5, 0.6) is 0 Å². The van der Waals surface area contributed by atoms with Crippen molar-refractivity contribution in [1.29, 1.82) is 0 Å². The minimum Gasteiger partial charge on any atom is -0.398 e. The van der Waals surface area contributed by atoms with Gasteiger partial charge in [-0.3, -0.25) is 4.79 Å². The molecule has 0 aliphatic carbocycles. The number of hydrogen-bond donors (Lipinski definition) is 1. The average Bonchev–Trinajstić information content (AvgIpc) is 2.40. The second kappa shape index (κ2) is 5.15. The van der Waals surface area contributed by atoms with Crippen molar-refractivity contribution >= 4 is 11.5 Å². The summed E-state index contributed by atoms with van der Waals surface area (Å²) in [5.41, 5.74) is 6.65. The van der Waals surface area contributed by atoms with E-state index in [0.717, 1.165) is 11.6 Å². The molecule has 0 amide bonds. The molecule has 3 heteroatoms. The fourth-order valence-electron chi connectivity index (χ4n) is 1.44. The molecule has 2 nitrogen and oxygen atoms in total. The minimum absolute atomic E-state index is 0.0958. The van der Waals surface area contributed by atoms with Crippen LogP contribution in [0.1, 0.15) is 15.9 Å². The van der Waals surface area contributed by atoms with Gasteiger partial charge in [-0.05, 0) is 36.3 Å². The van der Waals surface area contributed by atoms with Gasteiger partial charge in [-0.15, -0.1) is 0 Å². The highest BCUT2D eigenvalue weighted by atomic mass is 19.1. The summed E-state index contributed by atoms with van der Waals surface area (Å²) in [6.07, 6.45) is 0. The molecule has 0 atom stereocenters. The topological polar surface area (TPSA) is 43.1 Å². The van der Waals surface area contributed by atoms with Crippen LogP contribution in [0, 0.1) is 17.7 Å². The first-order chi connectivity index (χ1) is 8.66. The van der Waals surface area contributed by atoms with Crippen LogP contribution in [-0.2, 0) is 0 Å². The maximum absolute atomic E-state index is 13.0. The molecule has 0 heterocycles. The Labute approximate surface area is 104 Å². The van der Waals surface area contributed by atoms with Crippen LogP contribution in [0.4, 0.5) is 10.1 Å². The summed E-state index contributed by atoms with van der Waals surface area (Å²) in [6.45, 7) is 0. The number of anilines is 1. The highest BCUT2D eigenvalue weighted by Crippen LogP contribution is 2.13.